The number of carbonyl (C=O) groups excluding carboxylic acids is 2. The van der Waals surface area contributed by atoms with Crippen molar-refractivity contribution in [1.29, 1.82) is 5.26 Å². The zero-order valence-electron chi connectivity index (χ0n) is 18.4. The minimum Gasteiger partial charge on any atom is -0.467 e. The van der Waals surface area contributed by atoms with Crippen LogP contribution in [-0.4, -0.2) is 61.5 Å². The van der Waals surface area contributed by atoms with Crippen molar-refractivity contribution in [2.75, 3.05) is 45.2 Å². The van der Waals surface area contributed by atoms with Gasteiger partial charge in [-0.15, -0.1) is 0 Å². The molecule has 0 bridgehead atoms. The Hall–Kier alpha value is -3.15. The van der Waals surface area contributed by atoms with Crippen molar-refractivity contribution in [3.8, 4) is 6.07 Å². The molecule has 0 aliphatic rings. The van der Waals surface area contributed by atoms with Crippen molar-refractivity contribution in [3.05, 3.63) is 53.5 Å². The first-order chi connectivity index (χ1) is 14.9. The molecule has 1 N–H and O–H groups in total. The van der Waals surface area contributed by atoms with E-state index in [1.807, 2.05) is 32.0 Å². The molecule has 0 radical (unpaired) electrons. The van der Waals surface area contributed by atoms with Gasteiger partial charge in [0.25, 0.3) is 0 Å². The van der Waals surface area contributed by atoms with Crippen LogP contribution in [-0.2, 0) is 20.9 Å². The van der Waals surface area contributed by atoms with Crippen LogP contribution in [0.15, 0.2) is 41.0 Å². The number of methoxy groups -OCH3 is 1. The predicted molar refractivity (Wildman–Crippen MR) is 117 cm³/mol. The lowest BCUT2D eigenvalue weighted by Gasteiger charge is -2.26. The van der Waals surface area contributed by atoms with E-state index in [0.29, 0.717) is 25.5 Å². The summed E-state index contributed by atoms with van der Waals surface area (Å²) in [4.78, 5) is 28.9. The predicted octanol–water partition coefficient (Wildman–Crippen LogP) is 2.73. The van der Waals surface area contributed by atoms with Crippen molar-refractivity contribution in [1.82, 2.24) is 9.80 Å². The molecule has 31 heavy (non-hydrogen) atoms. The molecular formula is C23H30N4O4. The minimum atomic E-state index is -0.202. The molecule has 0 atom stereocenters. The Kier molecular flexibility index (Phi) is 9.75. The topological polar surface area (TPSA) is 98.8 Å². The summed E-state index contributed by atoms with van der Waals surface area (Å²) in [6.07, 6.45) is 1.77. The third-order valence-electron chi connectivity index (χ3n) is 4.99. The number of benzene rings is 1. The van der Waals surface area contributed by atoms with Crippen molar-refractivity contribution in [2.24, 2.45) is 0 Å². The van der Waals surface area contributed by atoms with Crippen LogP contribution in [0.1, 0.15) is 23.3 Å². The van der Waals surface area contributed by atoms with Crippen LogP contribution in [0.25, 0.3) is 0 Å². The Morgan fingerprint density at radius 3 is 2.65 bits per heavy atom. The van der Waals surface area contributed by atoms with Crippen LogP contribution in [0.5, 0.6) is 0 Å². The van der Waals surface area contributed by atoms with E-state index in [9.17, 15) is 9.59 Å². The summed E-state index contributed by atoms with van der Waals surface area (Å²) in [7, 11) is 1.58. The molecule has 0 saturated carbocycles. The number of hydrogen-bond donors (Lipinski definition) is 1. The van der Waals surface area contributed by atoms with Gasteiger partial charge in [0.1, 0.15) is 5.76 Å². The van der Waals surface area contributed by atoms with E-state index in [4.69, 9.17) is 14.4 Å². The van der Waals surface area contributed by atoms with Gasteiger partial charge in [0.2, 0.25) is 11.8 Å². The second-order valence-electron chi connectivity index (χ2n) is 7.30. The first-order valence-electron chi connectivity index (χ1n) is 10.2. The summed E-state index contributed by atoms with van der Waals surface area (Å²) in [5, 5.41) is 11.9. The average molecular weight is 427 g/mol. The summed E-state index contributed by atoms with van der Waals surface area (Å²) in [6.45, 7) is 5.42. The second kappa shape index (κ2) is 12.5. The molecular weight excluding hydrogens is 396 g/mol. The van der Waals surface area contributed by atoms with Gasteiger partial charge in [-0.3, -0.25) is 14.5 Å². The standard InChI is InChI=1S/C23H30N4O4/c1-18-7-4-9-21(19(18)2)25-22(28)16-26(12-14-30-3)17-23(29)27(11-6-10-24)15-20-8-5-13-31-20/h4-5,7-9,13H,6,11-12,14-17H2,1-3H3,(H,25,28). The van der Waals surface area contributed by atoms with Gasteiger partial charge in [-0.1, -0.05) is 12.1 Å². The second-order valence-corrected chi connectivity index (χ2v) is 7.30. The van der Waals surface area contributed by atoms with E-state index in [1.165, 1.54) is 0 Å². The van der Waals surface area contributed by atoms with Gasteiger partial charge in [0, 0.05) is 25.9 Å². The normalized spacial score (nSPS) is 10.7. The molecule has 0 fully saturated rings. The van der Waals surface area contributed by atoms with Gasteiger partial charge in [-0.25, -0.2) is 0 Å². The molecule has 8 nitrogen and oxygen atoms in total. The molecule has 1 aromatic heterocycles. The van der Waals surface area contributed by atoms with Crippen LogP contribution >= 0.6 is 0 Å². The fraction of sp³-hybridized carbons (Fsp3) is 0.435. The highest BCUT2D eigenvalue weighted by Crippen LogP contribution is 2.18. The van der Waals surface area contributed by atoms with Crippen molar-refractivity contribution >= 4 is 17.5 Å². The fourth-order valence-corrected chi connectivity index (χ4v) is 3.07. The van der Waals surface area contributed by atoms with Crippen molar-refractivity contribution in [2.45, 2.75) is 26.8 Å². The molecule has 2 aromatic rings. The lowest BCUT2D eigenvalue weighted by molar-refractivity contribution is -0.133. The monoisotopic (exact) mass is 426 g/mol. The van der Waals surface area contributed by atoms with Gasteiger partial charge >= 0.3 is 0 Å². The van der Waals surface area contributed by atoms with Gasteiger partial charge in [-0.2, -0.15) is 5.26 Å². The van der Waals surface area contributed by atoms with Crippen molar-refractivity contribution < 1.29 is 18.7 Å². The van der Waals surface area contributed by atoms with Gasteiger partial charge in [-0.05, 0) is 43.2 Å². The molecule has 1 aromatic carbocycles. The third-order valence-corrected chi connectivity index (χ3v) is 4.99. The van der Waals surface area contributed by atoms with E-state index in [1.54, 1.807) is 35.3 Å². The lowest BCUT2D eigenvalue weighted by atomic mass is 10.1. The first-order valence-corrected chi connectivity index (χ1v) is 10.2. The molecule has 0 spiro atoms. The van der Waals surface area contributed by atoms with E-state index in [-0.39, 0.29) is 37.9 Å². The number of ether oxygens (including phenoxy) is 1. The first kappa shape index (κ1) is 24.1. The maximum atomic E-state index is 12.9. The average Bonchev–Trinajstić information content (AvgIpc) is 3.25. The van der Waals surface area contributed by atoms with Crippen molar-refractivity contribution in [3.63, 3.8) is 0 Å². The zero-order chi connectivity index (χ0) is 22.6. The summed E-state index contributed by atoms with van der Waals surface area (Å²) in [6, 6.07) is 11.3. The number of amides is 2. The number of furan rings is 1. The van der Waals surface area contributed by atoms with E-state index >= 15 is 0 Å². The van der Waals surface area contributed by atoms with Crippen LogP contribution in [0.2, 0.25) is 0 Å². The summed E-state index contributed by atoms with van der Waals surface area (Å²) < 4.78 is 10.5. The molecule has 2 rings (SSSR count). The Bertz CT molecular complexity index is 889. The van der Waals surface area contributed by atoms with Crippen LogP contribution in [0.4, 0.5) is 5.69 Å². The number of carbonyl (C=O) groups is 2. The van der Waals surface area contributed by atoms with Gasteiger partial charge in [0.15, 0.2) is 0 Å². The highest BCUT2D eigenvalue weighted by Gasteiger charge is 2.20. The van der Waals surface area contributed by atoms with Crippen LogP contribution in [0.3, 0.4) is 0 Å². The summed E-state index contributed by atoms with van der Waals surface area (Å²) >= 11 is 0. The number of rotatable bonds is 12. The van der Waals surface area contributed by atoms with Crippen LogP contribution < -0.4 is 5.32 Å². The number of anilines is 1. The molecule has 1 heterocycles. The molecule has 0 aliphatic carbocycles. The number of nitrogens with one attached hydrogen (secondary N) is 1. The molecule has 8 heteroatoms. The molecule has 2 amide bonds. The van der Waals surface area contributed by atoms with E-state index in [2.05, 4.69) is 11.4 Å². The number of aryl methyl sites for hydroxylation is 1. The zero-order valence-corrected chi connectivity index (χ0v) is 18.4. The SMILES string of the molecule is COCCN(CC(=O)Nc1cccc(C)c1C)CC(=O)N(CCC#N)Cc1ccco1. The Morgan fingerprint density at radius 2 is 1.97 bits per heavy atom. The summed E-state index contributed by atoms with van der Waals surface area (Å²) in [5.74, 6) is 0.261. The highest BCUT2D eigenvalue weighted by molar-refractivity contribution is 5.93. The quantitative estimate of drug-likeness (QED) is 0.560. The van der Waals surface area contributed by atoms with E-state index < -0.39 is 0 Å². The Morgan fingerprint density at radius 1 is 1.16 bits per heavy atom. The summed E-state index contributed by atoms with van der Waals surface area (Å²) in [5.41, 5.74) is 2.86. The fourth-order valence-electron chi connectivity index (χ4n) is 3.07. The maximum Gasteiger partial charge on any atom is 0.238 e. The Balaban J connectivity index is 2.03. The largest absolute Gasteiger partial charge is 0.467 e. The smallest absolute Gasteiger partial charge is 0.238 e. The molecule has 0 saturated heterocycles. The third kappa shape index (κ3) is 7.89. The minimum absolute atomic E-state index is 0.0374. The van der Waals surface area contributed by atoms with Gasteiger partial charge in [0.05, 0.1) is 45.0 Å². The Labute approximate surface area is 183 Å². The molecule has 166 valence electrons. The molecule has 0 aliphatic heterocycles. The number of nitriles is 1. The van der Waals surface area contributed by atoms with E-state index in [0.717, 1.165) is 16.8 Å². The number of hydrogen-bond acceptors (Lipinski definition) is 6. The highest BCUT2D eigenvalue weighted by atomic mass is 16.5. The van der Waals surface area contributed by atoms with Crippen LogP contribution in [0, 0.1) is 25.2 Å². The molecule has 0 unspecified atom stereocenters. The number of nitrogens with zero attached hydrogens (tertiary/aromatic N) is 3. The lowest BCUT2D eigenvalue weighted by Crippen LogP contribution is -2.44. The van der Waals surface area contributed by atoms with Gasteiger partial charge < -0.3 is 19.4 Å². The maximum absolute atomic E-state index is 12.9.